The summed E-state index contributed by atoms with van der Waals surface area (Å²) in [6.07, 6.45) is 1.81. The Balaban J connectivity index is 1.75. The third-order valence-electron chi connectivity index (χ3n) is 4.48. The molecule has 0 aliphatic carbocycles. The van der Waals surface area contributed by atoms with Crippen molar-refractivity contribution in [2.75, 3.05) is 11.1 Å². The zero-order valence-electron chi connectivity index (χ0n) is 16.7. The zero-order valence-corrected chi connectivity index (χ0v) is 17.6. The molecular formula is C21H24N4O3S. The molecule has 7 nitrogen and oxygen atoms in total. The van der Waals surface area contributed by atoms with Crippen molar-refractivity contribution in [1.82, 2.24) is 14.5 Å². The van der Waals surface area contributed by atoms with Crippen molar-refractivity contribution >= 4 is 40.2 Å². The highest BCUT2D eigenvalue weighted by atomic mass is 32.2. The number of hydrogen-bond donors (Lipinski definition) is 2. The molecule has 8 heteroatoms. The molecule has 3 rings (SSSR count). The first kappa shape index (κ1) is 20.9. The van der Waals surface area contributed by atoms with Gasteiger partial charge in [0.05, 0.1) is 11.3 Å². The van der Waals surface area contributed by atoms with E-state index in [0.717, 1.165) is 18.5 Å². The molecule has 0 aliphatic heterocycles. The fraction of sp³-hybridized carbons (Fsp3) is 0.333. The maximum atomic E-state index is 12.8. The lowest BCUT2D eigenvalue weighted by Gasteiger charge is -2.11. The topological polar surface area (TPSA) is 96.8 Å². The average Bonchev–Trinajstić information content (AvgIpc) is 3.07. The molecule has 0 atom stereocenters. The van der Waals surface area contributed by atoms with Crippen LogP contribution >= 0.6 is 11.8 Å². The second kappa shape index (κ2) is 9.09. The number of H-pyrrole nitrogens is 1. The fourth-order valence-corrected chi connectivity index (χ4v) is 3.78. The van der Waals surface area contributed by atoms with E-state index < -0.39 is 0 Å². The molecule has 3 aromatic rings. The van der Waals surface area contributed by atoms with E-state index >= 15 is 0 Å². The summed E-state index contributed by atoms with van der Waals surface area (Å²) in [6.45, 7) is 6.01. The molecule has 0 unspecified atom stereocenters. The lowest BCUT2D eigenvalue weighted by atomic mass is 10.1. The lowest BCUT2D eigenvalue weighted by Crippen LogP contribution is -2.24. The van der Waals surface area contributed by atoms with Crippen molar-refractivity contribution in [2.45, 2.75) is 45.3 Å². The molecule has 29 heavy (non-hydrogen) atoms. The van der Waals surface area contributed by atoms with Gasteiger partial charge >= 0.3 is 0 Å². The molecule has 2 aromatic heterocycles. The number of nitrogens with one attached hydrogen (secondary N) is 2. The number of nitrogens with zero attached hydrogens (tertiary/aromatic N) is 2. The summed E-state index contributed by atoms with van der Waals surface area (Å²) in [7, 11) is 0. The molecule has 2 heterocycles. The van der Waals surface area contributed by atoms with E-state index in [-0.39, 0.29) is 23.0 Å². The van der Waals surface area contributed by atoms with Gasteiger partial charge in [-0.25, -0.2) is 4.98 Å². The SMILES string of the molecule is CCCCn1c(SCC(=O)Nc2ccc(C(C)=O)cc2)nc2cc(C)[nH]c2c1=O. The number of fused-ring (bicyclic) bond motifs is 1. The molecule has 0 bridgehead atoms. The molecule has 1 amide bonds. The van der Waals surface area contributed by atoms with Crippen LogP contribution in [0.1, 0.15) is 42.7 Å². The normalized spacial score (nSPS) is 11.0. The van der Waals surface area contributed by atoms with Crippen LogP contribution < -0.4 is 10.9 Å². The average molecular weight is 413 g/mol. The molecule has 2 N–H and O–H groups in total. The van der Waals surface area contributed by atoms with Crippen LogP contribution in [0.2, 0.25) is 0 Å². The molecule has 1 aromatic carbocycles. The number of rotatable bonds is 8. The summed E-state index contributed by atoms with van der Waals surface area (Å²) < 4.78 is 1.64. The molecule has 152 valence electrons. The van der Waals surface area contributed by atoms with Crippen LogP contribution in [0, 0.1) is 6.92 Å². The molecule has 0 radical (unpaired) electrons. The Labute approximate surface area is 172 Å². The number of thioether (sulfide) groups is 1. The molecule has 0 fully saturated rings. The third-order valence-corrected chi connectivity index (χ3v) is 5.46. The monoisotopic (exact) mass is 412 g/mol. The first-order valence-electron chi connectivity index (χ1n) is 9.53. The standard InChI is InChI=1S/C21H24N4O3S/c1-4-5-10-25-20(28)19-17(11-13(2)22-19)24-21(25)29-12-18(27)23-16-8-6-15(7-9-16)14(3)26/h6-9,11,22H,4-5,10,12H2,1-3H3,(H,23,27). The van der Waals surface area contributed by atoms with Gasteiger partial charge in [-0.15, -0.1) is 0 Å². The van der Waals surface area contributed by atoms with Crippen LogP contribution in [0.15, 0.2) is 40.3 Å². The first-order chi connectivity index (χ1) is 13.9. The summed E-state index contributed by atoms with van der Waals surface area (Å²) in [5, 5.41) is 3.34. The van der Waals surface area contributed by atoms with Crippen LogP contribution in [0.4, 0.5) is 5.69 Å². The second-order valence-electron chi connectivity index (χ2n) is 6.89. The highest BCUT2D eigenvalue weighted by Crippen LogP contribution is 2.19. The summed E-state index contributed by atoms with van der Waals surface area (Å²) in [4.78, 5) is 44.2. The van der Waals surface area contributed by atoms with E-state index in [4.69, 9.17) is 0 Å². The van der Waals surface area contributed by atoms with Crippen LogP contribution in [-0.2, 0) is 11.3 Å². The predicted molar refractivity (Wildman–Crippen MR) is 116 cm³/mol. The van der Waals surface area contributed by atoms with E-state index in [9.17, 15) is 14.4 Å². The van der Waals surface area contributed by atoms with Gasteiger partial charge in [-0.1, -0.05) is 25.1 Å². The quantitative estimate of drug-likeness (QED) is 0.333. The van der Waals surface area contributed by atoms with Crippen molar-refractivity contribution in [3.8, 4) is 0 Å². The number of aromatic amines is 1. The lowest BCUT2D eigenvalue weighted by molar-refractivity contribution is -0.113. The maximum Gasteiger partial charge on any atom is 0.278 e. The minimum atomic E-state index is -0.202. The Bertz CT molecular complexity index is 1100. The van der Waals surface area contributed by atoms with Crippen LogP contribution in [0.5, 0.6) is 0 Å². The van der Waals surface area contributed by atoms with Gasteiger partial charge in [0.2, 0.25) is 5.91 Å². The summed E-state index contributed by atoms with van der Waals surface area (Å²) in [6, 6.07) is 8.59. The van der Waals surface area contributed by atoms with Gasteiger partial charge in [-0.05, 0) is 50.6 Å². The summed E-state index contributed by atoms with van der Waals surface area (Å²) in [5.74, 6) is -0.0979. The van der Waals surface area contributed by atoms with E-state index in [2.05, 4.69) is 22.2 Å². The highest BCUT2D eigenvalue weighted by Gasteiger charge is 2.15. The maximum absolute atomic E-state index is 12.8. The van der Waals surface area contributed by atoms with E-state index in [1.807, 2.05) is 13.0 Å². The van der Waals surface area contributed by atoms with Crippen LogP contribution in [0.25, 0.3) is 11.0 Å². The number of aryl methyl sites for hydroxylation is 1. The Morgan fingerprint density at radius 1 is 1.24 bits per heavy atom. The smallest absolute Gasteiger partial charge is 0.278 e. The number of aromatic nitrogens is 3. The number of amides is 1. The predicted octanol–water partition coefficient (Wildman–Crippen LogP) is 3.77. The molecular weight excluding hydrogens is 388 g/mol. The van der Waals surface area contributed by atoms with Gasteiger partial charge in [0.15, 0.2) is 10.9 Å². The summed E-state index contributed by atoms with van der Waals surface area (Å²) in [5.41, 5.74) is 3.09. The van der Waals surface area contributed by atoms with E-state index in [1.165, 1.54) is 18.7 Å². The number of Topliss-reactive ketones (excluding diaryl/α,β-unsaturated/α-hetero) is 1. The number of ketones is 1. The van der Waals surface area contributed by atoms with Crippen molar-refractivity contribution in [1.29, 1.82) is 0 Å². The molecule has 0 spiro atoms. The number of carbonyl (C=O) groups excluding carboxylic acids is 2. The van der Waals surface area contributed by atoms with Gasteiger partial charge in [0, 0.05) is 23.5 Å². The fourth-order valence-electron chi connectivity index (χ4n) is 2.95. The number of unbranched alkanes of at least 4 members (excludes halogenated alkanes) is 1. The van der Waals surface area contributed by atoms with Crippen molar-refractivity contribution < 1.29 is 9.59 Å². The molecule has 0 saturated heterocycles. The highest BCUT2D eigenvalue weighted by molar-refractivity contribution is 7.99. The minimum Gasteiger partial charge on any atom is -0.353 e. The van der Waals surface area contributed by atoms with Crippen LogP contribution in [-0.4, -0.2) is 32.0 Å². The largest absolute Gasteiger partial charge is 0.353 e. The molecule has 0 aliphatic rings. The summed E-state index contributed by atoms with van der Waals surface area (Å²) >= 11 is 1.24. The van der Waals surface area contributed by atoms with E-state index in [0.29, 0.717) is 34.0 Å². The first-order valence-corrected chi connectivity index (χ1v) is 10.5. The van der Waals surface area contributed by atoms with Crippen molar-refractivity contribution in [2.24, 2.45) is 0 Å². The Morgan fingerprint density at radius 2 is 1.97 bits per heavy atom. The zero-order chi connectivity index (χ0) is 21.0. The number of anilines is 1. The van der Waals surface area contributed by atoms with Gasteiger partial charge in [-0.2, -0.15) is 0 Å². The Kier molecular flexibility index (Phi) is 6.53. The minimum absolute atomic E-state index is 0.0232. The van der Waals surface area contributed by atoms with Crippen LogP contribution in [0.3, 0.4) is 0 Å². The Hall–Kier alpha value is -2.87. The molecule has 0 saturated carbocycles. The number of hydrogen-bond acceptors (Lipinski definition) is 5. The van der Waals surface area contributed by atoms with Gasteiger partial charge in [0.25, 0.3) is 5.56 Å². The van der Waals surface area contributed by atoms with Crippen molar-refractivity contribution in [3.63, 3.8) is 0 Å². The number of carbonyl (C=O) groups is 2. The van der Waals surface area contributed by atoms with Gasteiger partial charge in [-0.3, -0.25) is 19.0 Å². The second-order valence-corrected chi connectivity index (χ2v) is 7.83. The van der Waals surface area contributed by atoms with E-state index in [1.54, 1.807) is 28.8 Å². The van der Waals surface area contributed by atoms with Gasteiger partial charge in [0.1, 0.15) is 5.52 Å². The third kappa shape index (κ3) is 4.95. The Morgan fingerprint density at radius 3 is 2.62 bits per heavy atom. The van der Waals surface area contributed by atoms with Crippen molar-refractivity contribution in [3.05, 3.63) is 51.9 Å². The number of benzene rings is 1. The van der Waals surface area contributed by atoms with Gasteiger partial charge < -0.3 is 10.3 Å².